The van der Waals surface area contributed by atoms with Crippen molar-refractivity contribution in [2.45, 2.75) is 0 Å². The Morgan fingerprint density at radius 1 is 1.00 bits per heavy atom. The number of anilines is 4. The third-order valence-electron chi connectivity index (χ3n) is 3.98. The molecule has 1 heterocycles. The van der Waals surface area contributed by atoms with Gasteiger partial charge < -0.3 is 25.3 Å². The number of benzene rings is 2. The Morgan fingerprint density at radius 2 is 1.77 bits per heavy atom. The van der Waals surface area contributed by atoms with E-state index in [1.807, 2.05) is 18.2 Å². The van der Waals surface area contributed by atoms with Crippen molar-refractivity contribution >= 4 is 28.9 Å². The second kappa shape index (κ2) is 9.82. The second-order valence-electron chi connectivity index (χ2n) is 5.95. The van der Waals surface area contributed by atoms with Gasteiger partial charge in [0.15, 0.2) is 18.2 Å². The van der Waals surface area contributed by atoms with E-state index in [2.05, 4.69) is 26.1 Å². The van der Waals surface area contributed by atoms with Crippen LogP contribution in [0.3, 0.4) is 0 Å². The first-order valence-corrected chi connectivity index (χ1v) is 8.93. The van der Waals surface area contributed by atoms with Crippen molar-refractivity contribution < 1.29 is 19.0 Å². The number of nitrogens with zero attached hydrogens (tertiary/aromatic N) is 2. The van der Waals surface area contributed by atoms with E-state index < -0.39 is 5.91 Å². The number of ether oxygens (including phenoxy) is 3. The minimum absolute atomic E-state index is 0.170. The fourth-order valence-corrected chi connectivity index (χ4v) is 2.45. The molecule has 0 aliphatic rings. The van der Waals surface area contributed by atoms with Gasteiger partial charge in [-0.3, -0.25) is 15.6 Å². The number of hydrogen-bond donors (Lipinski definition) is 4. The van der Waals surface area contributed by atoms with E-state index in [0.29, 0.717) is 28.8 Å². The normalized spacial score (nSPS) is 10.1. The highest BCUT2D eigenvalue weighted by Crippen LogP contribution is 2.33. The zero-order chi connectivity index (χ0) is 21.3. The first-order chi connectivity index (χ1) is 14.6. The van der Waals surface area contributed by atoms with Gasteiger partial charge in [0.25, 0.3) is 5.91 Å². The third-order valence-corrected chi connectivity index (χ3v) is 3.98. The number of rotatable bonds is 9. The summed E-state index contributed by atoms with van der Waals surface area (Å²) in [5.74, 6) is 1.96. The number of hydrogen-bond acceptors (Lipinski definition) is 9. The Kier molecular flexibility index (Phi) is 6.72. The number of hydrazine groups is 1. The summed E-state index contributed by atoms with van der Waals surface area (Å²) < 4.78 is 15.9. The highest BCUT2D eigenvalue weighted by Gasteiger charge is 2.12. The largest absolute Gasteiger partial charge is 0.497 e. The van der Waals surface area contributed by atoms with Gasteiger partial charge in [0.05, 0.1) is 19.9 Å². The molecule has 30 heavy (non-hydrogen) atoms. The predicted molar refractivity (Wildman–Crippen MR) is 113 cm³/mol. The molecular formula is C20H22N6O4. The van der Waals surface area contributed by atoms with Crippen LogP contribution in [-0.2, 0) is 4.79 Å². The number of carbonyl (C=O) groups excluding carboxylic acids is 1. The molecule has 5 N–H and O–H groups in total. The lowest BCUT2D eigenvalue weighted by Gasteiger charge is -2.15. The average Bonchev–Trinajstić information content (AvgIpc) is 2.79. The van der Waals surface area contributed by atoms with Crippen molar-refractivity contribution in [1.29, 1.82) is 0 Å². The van der Waals surface area contributed by atoms with Gasteiger partial charge in [-0.25, -0.2) is 9.97 Å². The van der Waals surface area contributed by atoms with Crippen LogP contribution >= 0.6 is 0 Å². The summed E-state index contributed by atoms with van der Waals surface area (Å²) in [7, 11) is 3.12. The number of nitrogens with one attached hydrogen (secondary N) is 3. The summed E-state index contributed by atoms with van der Waals surface area (Å²) in [5.41, 5.74) is 12.1. The molecule has 1 amide bonds. The lowest BCUT2D eigenvalue weighted by Crippen LogP contribution is -2.34. The lowest BCUT2D eigenvalue weighted by molar-refractivity contribution is -0.122. The Morgan fingerprint density at radius 3 is 2.50 bits per heavy atom. The number of nitrogen functional groups attached to an aromatic ring is 1. The molecule has 3 aromatic rings. The van der Waals surface area contributed by atoms with Gasteiger partial charge in [-0.2, -0.15) is 0 Å². The number of methoxy groups -OCH3 is 2. The van der Waals surface area contributed by atoms with Crippen LogP contribution in [0.4, 0.5) is 23.0 Å². The van der Waals surface area contributed by atoms with Crippen LogP contribution in [0.5, 0.6) is 17.2 Å². The molecule has 0 saturated carbocycles. The number of nitrogens with two attached hydrogens (primary N) is 1. The van der Waals surface area contributed by atoms with E-state index >= 15 is 0 Å². The van der Waals surface area contributed by atoms with Crippen LogP contribution < -0.4 is 36.1 Å². The van der Waals surface area contributed by atoms with Crippen LogP contribution in [0.2, 0.25) is 0 Å². The van der Waals surface area contributed by atoms with Crippen LogP contribution in [0.15, 0.2) is 54.9 Å². The highest BCUT2D eigenvalue weighted by atomic mass is 16.5. The Balaban J connectivity index is 1.63. The maximum Gasteiger partial charge on any atom is 0.276 e. The molecule has 0 aliphatic heterocycles. The topological polar surface area (TPSA) is 133 Å². The summed E-state index contributed by atoms with van der Waals surface area (Å²) in [6.45, 7) is -0.170. The monoisotopic (exact) mass is 410 g/mol. The number of aromatic nitrogens is 2. The molecule has 0 bridgehead atoms. The lowest BCUT2D eigenvalue weighted by atomic mass is 10.2. The molecule has 0 radical (unpaired) electrons. The molecule has 1 aromatic heterocycles. The summed E-state index contributed by atoms with van der Waals surface area (Å²) in [4.78, 5) is 20.2. The van der Waals surface area contributed by atoms with Crippen molar-refractivity contribution in [3.63, 3.8) is 0 Å². The van der Waals surface area contributed by atoms with E-state index in [-0.39, 0.29) is 18.1 Å². The highest BCUT2D eigenvalue weighted by molar-refractivity contribution is 5.82. The molecule has 2 aromatic carbocycles. The first kappa shape index (κ1) is 20.5. The first-order valence-electron chi connectivity index (χ1n) is 8.93. The van der Waals surface area contributed by atoms with Gasteiger partial charge in [0.1, 0.15) is 29.3 Å². The van der Waals surface area contributed by atoms with Crippen LogP contribution in [0.25, 0.3) is 0 Å². The summed E-state index contributed by atoms with van der Waals surface area (Å²) in [6, 6.07) is 14.3. The maximum absolute atomic E-state index is 12.0. The van der Waals surface area contributed by atoms with Crippen LogP contribution in [-0.4, -0.2) is 36.7 Å². The molecule has 0 unspecified atom stereocenters. The Labute approximate surface area is 173 Å². The second-order valence-corrected chi connectivity index (χ2v) is 5.95. The molecule has 156 valence electrons. The molecule has 0 aliphatic carbocycles. The van der Waals surface area contributed by atoms with Crippen molar-refractivity contribution in [3.8, 4) is 17.2 Å². The molecule has 3 rings (SSSR count). The summed E-state index contributed by atoms with van der Waals surface area (Å²) in [6.07, 6.45) is 1.31. The van der Waals surface area contributed by atoms with Gasteiger partial charge in [-0.15, -0.1) is 0 Å². The third kappa shape index (κ3) is 5.19. The average molecular weight is 410 g/mol. The molecule has 0 fully saturated rings. The molecule has 10 nitrogen and oxygen atoms in total. The SMILES string of the molecule is COc1ccc(Nc2ncnc(NNC(=O)COc3ccccc3)c2N)c(OC)c1. The van der Waals surface area contributed by atoms with Crippen molar-refractivity contribution in [2.24, 2.45) is 0 Å². The zero-order valence-corrected chi connectivity index (χ0v) is 16.5. The van der Waals surface area contributed by atoms with Gasteiger partial charge in [-0.1, -0.05) is 18.2 Å². The van der Waals surface area contributed by atoms with E-state index in [4.69, 9.17) is 19.9 Å². The molecule has 10 heteroatoms. The molecular weight excluding hydrogens is 388 g/mol. The Bertz CT molecular complexity index is 1000. The predicted octanol–water partition coefficient (Wildman–Crippen LogP) is 2.34. The van der Waals surface area contributed by atoms with E-state index in [0.717, 1.165) is 0 Å². The fraction of sp³-hybridized carbons (Fsp3) is 0.150. The van der Waals surface area contributed by atoms with Gasteiger partial charge in [0.2, 0.25) is 0 Å². The quantitative estimate of drug-likeness (QED) is 0.392. The summed E-state index contributed by atoms with van der Waals surface area (Å²) >= 11 is 0. The molecule has 0 saturated heterocycles. The van der Waals surface area contributed by atoms with Gasteiger partial charge in [-0.05, 0) is 24.3 Å². The maximum atomic E-state index is 12.0. The van der Waals surface area contributed by atoms with Crippen molar-refractivity contribution in [2.75, 3.05) is 37.3 Å². The Hall–Kier alpha value is -4.21. The minimum Gasteiger partial charge on any atom is -0.497 e. The molecule has 0 spiro atoms. The van der Waals surface area contributed by atoms with E-state index in [1.165, 1.54) is 6.33 Å². The van der Waals surface area contributed by atoms with Crippen LogP contribution in [0.1, 0.15) is 0 Å². The summed E-state index contributed by atoms with van der Waals surface area (Å²) in [5, 5.41) is 3.08. The number of amides is 1. The van der Waals surface area contributed by atoms with Crippen molar-refractivity contribution in [3.05, 3.63) is 54.9 Å². The van der Waals surface area contributed by atoms with Gasteiger partial charge in [0, 0.05) is 6.07 Å². The van der Waals surface area contributed by atoms with Crippen LogP contribution in [0, 0.1) is 0 Å². The van der Waals surface area contributed by atoms with Gasteiger partial charge >= 0.3 is 0 Å². The number of carbonyl (C=O) groups is 1. The minimum atomic E-state index is -0.400. The standard InChI is InChI=1S/C20H22N6O4/c1-28-14-8-9-15(16(10-14)29-2)24-19-18(21)20(23-12-22-19)26-25-17(27)11-30-13-6-4-3-5-7-13/h3-10,12H,11,21H2,1-2H3,(H,25,27)(H2,22,23,24,26). The number of para-hydroxylation sites is 1. The smallest absolute Gasteiger partial charge is 0.276 e. The molecule has 0 atom stereocenters. The van der Waals surface area contributed by atoms with E-state index in [1.54, 1.807) is 44.6 Å². The zero-order valence-electron chi connectivity index (χ0n) is 16.5. The van der Waals surface area contributed by atoms with Crippen molar-refractivity contribution in [1.82, 2.24) is 15.4 Å². The fourth-order valence-electron chi connectivity index (χ4n) is 2.45. The van der Waals surface area contributed by atoms with E-state index in [9.17, 15) is 4.79 Å².